The van der Waals surface area contributed by atoms with Crippen LogP contribution in [0.2, 0.25) is 0 Å². The van der Waals surface area contributed by atoms with Gasteiger partial charge in [-0.05, 0) is 38.2 Å². The molecule has 3 aromatic heterocycles. The Kier molecular flexibility index (Phi) is 4.39. The predicted molar refractivity (Wildman–Crippen MR) is 113 cm³/mol. The van der Waals surface area contributed by atoms with Crippen molar-refractivity contribution in [3.8, 4) is 0 Å². The number of aromatic nitrogens is 4. The van der Waals surface area contributed by atoms with Crippen LogP contribution in [0.5, 0.6) is 0 Å². The van der Waals surface area contributed by atoms with Crippen molar-refractivity contribution in [3.63, 3.8) is 0 Å². The lowest BCUT2D eigenvalue weighted by molar-refractivity contribution is -0.00139. The molecule has 3 aromatic rings. The van der Waals surface area contributed by atoms with Crippen molar-refractivity contribution in [1.82, 2.24) is 29.3 Å². The zero-order chi connectivity index (χ0) is 21.0. The summed E-state index contributed by atoms with van der Waals surface area (Å²) in [6.45, 7) is 6.27. The molecular formula is C21H28N6O3. The van der Waals surface area contributed by atoms with Gasteiger partial charge in [0.05, 0.1) is 28.9 Å². The largest absolute Gasteiger partial charge is 0.390 e. The van der Waals surface area contributed by atoms with Crippen molar-refractivity contribution in [1.29, 1.82) is 0 Å². The molecule has 0 saturated carbocycles. The number of piperidine rings is 2. The van der Waals surface area contributed by atoms with E-state index < -0.39 is 5.60 Å². The third-order valence-electron chi connectivity index (χ3n) is 6.89. The van der Waals surface area contributed by atoms with Crippen LogP contribution in [0, 0.1) is 5.92 Å². The number of hydrogen-bond donors (Lipinski definition) is 3. The van der Waals surface area contributed by atoms with E-state index in [2.05, 4.69) is 21.9 Å². The topological polar surface area (TPSA) is 110 Å². The summed E-state index contributed by atoms with van der Waals surface area (Å²) in [6.07, 6.45) is 5.52. The Morgan fingerprint density at radius 1 is 1.27 bits per heavy atom. The number of fused-ring (bicyclic) bond motifs is 3. The molecule has 2 amide bonds. The summed E-state index contributed by atoms with van der Waals surface area (Å²) in [6, 6.07) is 1.82. The third kappa shape index (κ3) is 3.08. The average molecular weight is 412 g/mol. The van der Waals surface area contributed by atoms with Gasteiger partial charge in [-0.25, -0.2) is 14.6 Å². The highest BCUT2D eigenvalue weighted by Gasteiger charge is 2.36. The van der Waals surface area contributed by atoms with Crippen LogP contribution in [0.1, 0.15) is 39.2 Å². The molecule has 2 aliphatic heterocycles. The molecule has 0 bridgehead atoms. The van der Waals surface area contributed by atoms with E-state index in [1.165, 1.54) is 0 Å². The van der Waals surface area contributed by atoms with E-state index in [0.717, 1.165) is 23.0 Å². The van der Waals surface area contributed by atoms with Gasteiger partial charge >= 0.3 is 11.7 Å². The number of carbonyl (C=O) groups excluding carboxylic acids is 1. The zero-order valence-electron chi connectivity index (χ0n) is 17.4. The highest BCUT2D eigenvalue weighted by Crippen LogP contribution is 2.32. The first-order chi connectivity index (χ1) is 14.3. The quantitative estimate of drug-likeness (QED) is 0.568. The van der Waals surface area contributed by atoms with Crippen LogP contribution < -0.4 is 5.69 Å². The van der Waals surface area contributed by atoms with Gasteiger partial charge in [0, 0.05) is 37.8 Å². The van der Waals surface area contributed by atoms with E-state index in [0.29, 0.717) is 44.5 Å². The van der Waals surface area contributed by atoms with Gasteiger partial charge < -0.3 is 24.9 Å². The fraction of sp³-hybridized carbons (Fsp3) is 0.571. The number of rotatable bonds is 1. The molecule has 2 fully saturated rings. The minimum absolute atomic E-state index is 0.00347. The van der Waals surface area contributed by atoms with Crippen LogP contribution in [-0.4, -0.2) is 72.2 Å². The lowest BCUT2D eigenvalue weighted by Crippen LogP contribution is -2.54. The number of pyridine rings is 1. The van der Waals surface area contributed by atoms with Gasteiger partial charge in [0.1, 0.15) is 5.65 Å². The lowest BCUT2D eigenvalue weighted by atomic mass is 9.92. The van der Waals surface area contributed by atoms with Crippen LogP contribution in [0.4, 0.5) is 4.79 Å². The van der Waals surface area contributed by atoms with Crippen LogP contribution >= 0.6 is 0 Å². The maximum atomic E-state index is 13.2. The molecule has 0 spiro atoms. The predicted octanol–water partition coefficient (Wildman–Crippen LogP) is 2.06. The van der Waals surface area contributed by atoms with Crippen LogP contribution in [0.15, 0.2) is 23.3 Å². The molecule has 2 saturated heterocycles. The number of nitrogens with one attached hydrogen (secondary N) is 2. The van der Waals surface area contributed by atoms with Gasteiger partial charge in [0.25, 0.3) is 0 Å². The van der Waals surface area contributed by atoms with Gasteiger partial charge in [-0.2, -0.15) is 0 Å². The van der Waals surface area contributed by atoms with E-state index in [-0.39, 0.29) is 23.7 Å². The monoisotopic (exact) mass is 412 g/mol. The molecule has 0 aromatic carbocycles. The number of nitrogens with zero attached hydrogens (tertiary/aromatic N) is 4. The molecule has 0 unspecified atom stereocenters. The Labute approximate surface area is 173 Å². The smallest absolute Gasteiger partial charge is 0.326 e. The van der Waals surface area contributed by atoms with Gasteiger partial charge in [0.2, 0.25) is 0 Å². The molecule has 0 radical (unpaired) electrons. The number of aromatic amines is 2. The van der Waals surface area contributed by atoms with E-state index in [4.69, 9.17) is 0 Å². The van der Waals surface area contributed by atoms with Crippen LogP contribution in [0.3, 0.4) is 0 Å². The molecule has 5 rings (SSSR count). The number of hydrogen-bond acceptors (Lipinski definition) is 4. The van der Waals surface area contributed by atoms with E-state index in [1.807, 2.05) is 33.6 Å². The molecule has 9 nitrogen and oxygen atoms in total. The maximum absolute atomic E-state index is 13.2. The first kappa shape index (κ1) is 19.2. The van der Waals surface area contributed by atoms with Gasteiger partial charge in [0.15, 0.2) is 0 Å². The summed E-state index contributed by atoms with van der Waals surface area (Å²) in [4.78, 5) is 40.2. The Bertz CT molecular complexity index is 1150. The molecule has 3 N–H and O–H groups in total. The Hall–Kier alpha value is -2.81. The third-order valence-corrected chi connectivity index (χ3v) is 6.89. The number of aliphatic hydroxyl groups is 1. The van der Waals surface area contributed by atoms with Gasteiger partial charge in [-0.1, -0.05) is 6.92 Å². The Morgan fingerprint density at radius 2 is 2.03 bits per heavy atom. The van der Waals surface area contributed by atoms with Gasteiger partial charge in [-0.3, -0.25) is 4.57 Å². The summed E-state index contributed by atoms with van der Waals surface area (Å²) >= 11 is 0. The van der Waals surface area contributed by atoms with Crippen molar-refractivity contribution in [2.24, 2.45) is 5.92 Å². The molecule has 0 aliphatic carbocycles. The van der Waals surface area contributed by atoms with E-state index >= 15 is 0 Å². The molecule has 30 heavy (non-hydrogen) atoms. The summed E-state index contributed by atoms with van der Waals surface area (Å²) in [5, 5.41) is 11.1. The van der Waals surface area contributed by atoms with Crippen molar-refractivity contribution in [2.45, 2.75) is 44.8 Å². The average Bonchev–Trinajstić information content (AvgIpc) is 3.31. The Morgan fingerprint density at radius 3 is 2.80 bits per heavy atom. The highest BCUT2D eigenvalue weighted by molar-refractivity contribution is 6.01. The van der Waals surface area contributed by atoms with Gasteiger partial charge in [-0.15, -0.1) is 0 Å². The SMILES string of the molecule is C[C@H]1CCN(C(=O)N2CCC(C)(O)CC2)C[C@H]1n1c(=O)[nH]c2cnc3[nH]ccc3c21. The molecule has 2 aliphatic rings. The fourth-order valence-corrected chi connectivity index (χ4v) is 4.88. The number of amides is 2. The molecule has 5 heterocycles. The summed E-state index contributed by atoms with van der Waals surface area (Å²) in [5.41, 5.74) is 1.43. The highest BCUT2D eigenvalue weighted by atomic mass is 16.3. The van der Waals surface area contributed by atoms with Crippen LogP contribution in [0.25, 0.3) is 22.1 Å². The van der Waals surface area contributed by atoms with Crippen LogP contribution in [-0.2, 0) is 0 Å². The standard InChI is InChI=1S/C21H28N6O3/c1-13-4-8-26(20(29)25-9-5-21(2,30)6-10-25)12-16(13)27-17-14-3-7-22-18(14)23-11-15(17)24-19(27)28/h3,7,11,13,16,30H,4-6,8-10,12H2,1-2H3,(H,22,23)(H,24,28)/t13-,16+/m0/s1. The minimum atomic E-state index is -0.691. The normalized spacial score (nSPS) is 24.6. The van der Waals surface area contributed by atoms with Crippen molar-refractivity contribution < 1.29 is 9.90 Å². The first-order valence-corrected chi connectivity index (χ1v) is 10.7. The van der Waals surface area contributed by atoms with E-state index in [1.54, 1.807) is 6.20 Å². The number of carbonyl (C=O) groups is 1. The number of likely N-dealkylation sites (tertiary alicyclic amines) is 2. The van der Waals surface area contributed by atoms with Crippen molar-refractivity contribution in [2.75, 3.05) is 26.2 Å². The van der Waals surface area contributed by atoms with E-state index in [9.17, 15) is 14.7 Å². The second-order valence-electron chi connectivity index (χ2n) is 9.11. The molecule has 9 heteroatoms. The first-order valence-electron chi connectivity index (χ1n) is 10.7. The zero-order valence-corrected chi connectivity index (χ0v) is 17.4. The fourth-order valence-electron chi connectivity index (χ4n) is 4.88. The molecule has 2 atom stereocenters. The summed E-state index contributed by atoms with van der Waals surface area (Å²) in [7, 11) is 0. The number of urea groups is 1. The Balaban J connectivity index is 1.46. The molecular weight excluding hydrogens is 384 g/mol. The van der Waals surface area contributed by atoms with Crippen molar-refractivity contribution >= 4 is 28.1 Å². The number of H-pyrrole nitrogens is 2. The minimum Gasteiger partial charge on any atom is -0.390 e. The lowest BCUT2D eigenvalue weighted by Gasteiger charge is -2.42. The summed E-state index contributed by atoms with van der Waals surface area (Å²) < 4.78 is 1.82. The second kappa shape index (κ2) is 6.87. The number of imidazole rings is 1. The summed E-state index contributed by atoms with van der Waals surface area (Å²) in [5.74, 6) is 0.259. The maximum Gasteiger partial charge on any atom is 0.326 e. The molecule has 160 valence electrons. The van der Waals surface area contributed by atoms with Crippen molar-refractivity contribution in [3.05, 3.63) is 28.9 Å². The second-order valence-corrected chi connectivity index (χ2v) is 9.11.